The van der Waals surface area contributed by atoms with E-state index in [4.69, 9.17) is 14.2 Å². The van der Waals surface area contributed by atoms with Gasteiger partial charge in [0.05, 0.1) is 20.3 Å². The molecule has 0 N–H and O–H groups in total. The lowest BCUT2D eigenvalue weighted by Gasteiger charge is -2.29. The van der Waals surface area contributed by atoms with E-state index in [9.17, 15) is 4.79 Å². The zero-order valence-corrected chi connectivity index (χ0v) is 19.1. The zero-order valence-electron chi connectivity index (χ0n) is 19.1. The van der Waals surface area contributed by atoms with Crippen LogP contribution in [0.1, 0.15) is 21.6 Å². The number of nitrogens with zero attached hydrogens (tertiary/aromatic N) is 3. The second kappa shape index (κ2) is 10.8. The van der Waals surface area contributed by atoms with Crippen LogP contribution in [0.2, 0.25) is 0 Å². The molecule has 1 saturated heterocycles. The molecule has 7 heteroatoms. The maximum Gasteiger partial charge on any atom is 0.272 e. The lowest BCUT2D eigenvalue weighted by atomic mass is 10.1. The summed E-state index contributed by atoms with van der Waals surface area (Å²) in [5.41, 5.74) is 3.45. The Morgan fingerprint density at radius 3 is 2.58 bits per heavy atom. The molecule has 1 aliphatic heterocycles. The third-order valence-corrected chi connectivity index (χ3v) is 5.57. The van der Waals surface area contributed by atoms with Gasteiger partial charge in [-0.25, -0.2) is 0 Å². The Bertz CT molecular complexity index is 1070. The first-order chi connectivity index (χ1) is 16.1. The second-order valence-corrected chi connectivity index (χ2v) is 7.92. The van der Waals surface area contributed by atoms with Gasteiger partial charge in [0, 0.05) is 38.6 Å². The topological polar surface area (TPSA) is 64.1 Å². The predicted molar refractivity (Wildman–Crippen MR) is 127 cm³/mol. The van der Waals surface area contributed by atoms with Gasteiger partial charge in [0.15, 0.2) is 11.5 Å². The maximum atomic E-state index is 13.0. The number of ether oxygens (including phenoxy) is 3. The molecule has 1 aromatic heterocycles. The molecule has 0 unspecified atom stereocenters. The van der Waals surface area contributed by atoms with E-state index in [1.165, 1.54) is 0 Å². The van der Waals surface area contributed by atoms with E-state index in [2.05, 4.69) is 9.88 Å². The Kier molecular flexibility index (Phi) is 7.42. The Labute approximate surface area is 194 Å². The molecular weight excluding hydrogens is 418 g/mol. The number of aromatic nitrogens is 1. The fourth-order valence-electron chi connectivity index (χ4n) is 3.76. The van der Waals surface area contributed by atoms with Crippen LogP contribution in [0, 0.1) is 0 Å². The number of hydrogen-bond acceptors (Lipinski definition) is 6. The molecule has 1 amide bonds. The van der Waals surface area contributed by atoms with Gasteiger partial charge in [-0.1, -0.05) is 36.4 Å². The van der Waals surface area contributed by atoms with Crippen molar-refractivity contribution in [2.75, 3.05) is 45.4 Å². The first-order valence-corrected chi connectivity index (χ1v) is 11.0. The normalized spacial score (nSPS) is 13.5. The van der Waals surface area contributed by atoms with E-state index in [0.717, 1.165) is 29.9 Å². The fraction of sp³-hybridized carbons (Fsp3) is 0.308. The number of hydrogen-bond donors (Lipinski definition) is 0. The molecule has 33 heavy (non-hydrogen) atoms. The molecule has 0 bridgehead atoms. The molecule has 0 atom stereocenters. The number of anilines is 1. The summed E-state index contributed by atoms with van der Waals surface area (Å²) < 4.78 is 16.9. The van der Waals surface area contributed by atoms with Crippen molar-refractivity contribution >= 4 is 11.6 Å². The van der Waals surface area contributed by atoms with Crippen molar-refractivity contribution in [3.63, 3.8) is 0 Å². The quantitative estimate of drug-likeness (QED) is 0.524. The highest BCUT2D eigenvalue weighted by molar-refractivity contribution is 5.93. The van der Waals surface area contributed by atoms with Crippen LogP contribution >= 0.6 is 0 Å². The highest BCUT2D eigenvalue weighted by Gasteiger charge is 2.18. The summed E-state index contributed by atoms with van der Waals surface area (Å²) in [6.45, 7) is 3.90. The SMILES string of the molecule is COc1cc(CN(C)C(=O)c2cc(N3CCOCC3)ccn2)ccc1OCc1ccccc1. The Balaban J connectivity index is 1.41. The lowest BCUT2D eigenvalue weighted by molar-refractivity contribution is 0.0779. The fourth-order valence-corrected chi connectivity index (χ4v) is 3.76. The summed E-state index contributed by atoms with van der Waals surface area (Å²) in [6, 6.07) is 19.5. The van der Waals surface area contributed by atoms with Crippen molar-refractivity contribution < 1.29 is 19.0 Å². The molecule has 0 aliphatic carbocycles. The third kappa shape index (κ3) is 5.81. The third-order valence-electron chi connectivity index (χ3n) is 5.57. The molecule has 2 aromatic carbocycles. The summed E-state index contributed by atoms with van der Waals surface area (Å²) in [6.07, 6.45) is 1.69. The highest BCUT2D eigenvalue weighted by atomic mass is 16.5. The second-order valence-electron chi connectivity index (χ2n) is 7.92. The summed E-state index contributed by atoms with van der Waals surface area (Å²) in [7, 11) is 3.39. The molecule has 0 saturated carbocycles. The van der Waals surface area contributed by atoms with Crippen LogP contribution in [0.4, 0.5) is 5.69 Å². The van der Waals surface area contributed by atoms with Gasteiger partial charge in [-0.2, -0.15) is 0 Å². The molecule has 0 spiro atoms. The summed E-state index contributed by atoms with van der Waals surface area (Å²) in [5.74, 6) is 1.17. The number of pyridine rings is 1. The van der Waals surface area contributed by atoms with E-state index in [1.807, 2.05) is 60.7 Å². The molecule has 1 fully saturated rings. The minimum Gasteiger partial charge on any atom is -0.493 e. The molecule has 7 nitrogen and oxygen atoms in total. The van der Waals surface area contributed by atoms with Gasteiger partial charge < -0.3 is 24.0 Å². The van der Waals surface area contributed by atoms with Gasteiger partial charge >= 0.3 is 0 Å². The Hall–Kier alpha value is -3.58. The van der Waals surface area contributed by atoms with Gasteiger partial charge in [-0.3, -0.25) is 9.78 Å². The van der Waals surface area contributed by atoms with Gasteiger partial charge in [0.2, 0.25) is 0 Å². The first-order valence-electron chi connectivity index (χ1n) is 11.0. The molecule has 172 valence electrons. The number of morpholine rings is 1. The van der Waals surface area contributed by atoms with E-state index in [1.54, 1.807) is 25.3 Å². The first kappa shape index (κ1) is 22.6. The smallest absolute Gasteiger partial charge is 0.272 e. The van der Waals surface area contributed by atoms with Crippen LogP contribution < -0.4 is 14.4 Å². The average Bonchev–Trinajstić information content (AvgIpc) is 2.88. The monoisotopic (exact) mass is 447 g/mol. The summed E-state index contributed by atoms with van der Waals surface area (Å²) >= 11 is 0. The van der Waals surface area contributed by atoms with Crippen molar-refractivity contribution in [1.29, 1.82) is 0 Å². The minimum absolute atomic E-state index is 0.131. The number of benzene rings is 2. The van der Waals surface area contributed by atoms with Crippen LogP contribution in [0.3, 0.4) is 0 Å². The zero-order chi connectivity index (χ0) is 23.0. The number of amides is 1. The van der Waals surface area contributed by atoms with Gasteiger partial charge in [0.1, 0.15) is 12.3 Å². The Morgan fingerprint density at radius 2 is 1.82 bits per heavy atom. The maximum absolute atomic E-state index is 13.0. The van der Waals surface area contributed by atoms with Crippen molar-refractivity contribution in [2.45, 2.75) is 13.2 Å². The van der Waals surface area contributed by atoms with E-state index >= 15 is 0 Å². The van der Waals surface area contributed by atoms with E-state index in [-0.39, 0.29) is 5.91 Å². The Morgan fingerprint density at radius 1 is 1.03 bits per heavy atom. The molecule has 3 aromatic rings. The van der Waals surface area contributed by atoms with Gasteiger partial charge in [-0.05, 0) is 35.4 Å². The van der Waals surface area contributed by atoms with Gasteiger partial charge in [-0.15, -0.1) is 0 Å². The number of rotatable bonds is 8. The van der Waals surface area contributed by atoms with Crippen LogP contribution in [0.15, 0.2) is 66.9 Å². The van der Waals surface area contributed by atoms with Gasteiger partial charge in [0.25, 0.3) is 5.91 Å². The number of carbonyl (C=O) groups excluding carboxylic acids is 1. The van der Waals surface area contributed by atoms with Crippen molar-refractivity contribution in [1.82, 2.24) is 9.88 Å². The standard InChI is InChI=1S/C26H29N3O4/c1-28(26(30)23-17-22(10-11-27-23)29-12-14-32-15-13-29)18-21-8-9-24(25(16-21)31-2)33-19-20-6-4-3-5-7-20/h3-11,16-17H,12-15,18-19H2,1-2H3. The molecular formula is C26H29N3O4. The summed E-state index contributed by atoms with van der Waals surface area (Å²) in [4.78, 5) is 21.2. The lowest BCUT2D eigenvalue weighted by Crippen LogP contribution is -2.36. The largest absolute Gasteiger partial charge is 0.493 e. The van der Waals surface area contributed by atoms with Crippen molar-refractivity contribution in [3.05, 3.63) is 83.7 Å². The molecule has 4 rings (SSSR count). The van der Waals surface area contributed by atoms with E-state index < -0.39 is 0 Å². The minimum atomic E-state index is -0.131. The molecule has 1 aliphatic rings. The van der Waals surface area contributed by atoms with E-state index in [0.29, 0.717) is 43.6 Å². The average molecular weight is 448 g/mol. The van der Waals surface area contributed by atoms with Crippen LogP contribution in [-0.2, 0) is 17.9 Å². The summed E-state index contributed by atoms with van der Waals surface area (Å²) in [5, 5.41) is 0. The predicted octanol–water partition coefficient (Wildman–Crippen LogP) is 3.78. The number of methoxy groups -OCH3 is 1. The van der Waals surface area contributed by atoms with Crippen LogP contribution in [0.25, 0.3) is 0 Å². The number of carbonyl (C=O) groups is 1. The van der Waals surface area contributed by atoms with Crippen molar-refractivity contribution in [2.24, 2.45) is 0 Å². The molecule has 0 radical (unpaired) electrons. The van der Waals surface area contributed by atoms with Crippen molar-refractivity contribution in [3.8, 4) is 11.5 Å². The molecule has 2 heterocycles. The van der Waals surface area contributed by atoms with Crippen LogP contribution in [0.5, 0.6) is 11.5 Å². The highest BCUT2D eigenvalue weighted by Crippen LogP contribution is 2.29. The van der Waals surface area contributed by atoms with Crippen LogP contribution in [-0.4, -0.2) is 56.3 Å².